The summed E-state index contributed by atoms with van der Waals surface area (Å²) >= 11 is 7.76. The summed E-state index contributed by atoms with van der Waals surface area (Å²) in [5.41, 5.74) is 4.30. The molecule has 1 N–H and O–H groups in total. The van der Waals surface area contributed by atoms with Crippen LogP contribution < -0.4 is 4.74 Å². The second-order valence-corrected chi connectivity index (χ2v) is 7.42. The summed E-state index contributed by atoms with van der Waals surface area (Å²) in [5.74, 6) is 0.815. The highest BCUT2D eigenvalue weighted by atomic mass is 35.5. The first-order valence-corrected chi connectivity index (χ1v) is 9.49. The Morgan fingerprint density at radius 2 is 1.69 bits per heavy atom. The third-order valence-electron chi connectivity index (χ3n) is 4.17. The Labute approximate surface area is 161 Å². The molecule has 26 heavy (non-hydrogen) atoms. The first kappa shape index (κ1) is 17.0. The Morgan fingerprint density at radius 3 is 2.42 bits per heavy atom. The molecule has 0 aliphatic rings. The monoisotopic (exact) mass is 380 g/mol. The highest BCUT2D eigenvalue weighted by Crippen LogP contribution is 2.40. The third kappa shape index (κ3) is 3.57. The van der Waals surface area contributed by atoms with E-state index in [1.807, 2.05) is 36.4 Å². The Bertz CT molecular complexity index is 1020. The molecule has 1 atom stereocenters. The highest BCUT2D eigenvalue weighted by Gasteiger charge is 2.18. The van der Waals surface area contributed by atoms with E-state index in [4.69, 9.17) is 21.3 Å². The molecule has 3 nitrogen and oxygen atoms in total. The van der Waals surface area contributed by atoms with Crippen LogP contribution in [0.1, 0.15) is 16.4 Å². The van der Waals surface area contributed by atoms with Crippen molar-refractivity contribution in [2.24, 2.45) is 0 Å². The lowest BCUT2D eigenvalue weighted by molar-refractivity contribution is 0.415. The number of hydrogen-bond acceptors (Lipinski definition) is 3. The number of benzene rings is 3. The Kier molecular flexibility index (Phi) is 4.87. The lowest BCUT2D eigenvalue weighted by atomic mass is 10.0. The lowest BCUT2D eigenvalue weighted by Crippen LogP contribution is -1.97. The zero-order valence-corrected chi connectivity index (χ0v) is 15.7. The second kappa shape index (κ2) is 7.44. The topological polar surface area (TPSA) is 37.9 Å². The van der Waals surface area contributed by atoms with Gasteiger partial charge in [0.05, 0.1) is 23.4 Å². The van der Waals surface area contributed by atoms with E-state index in [1.54, 1.807) is 18.9 Å². The molecule has 0 fully saturated rings. The van der Waals surface area contributed by atoms with Crippen LogP contribution in [0.25, 0.3) is 11.0 Å². The summed E-state index contributed by atoms with van der Waals surface area (Å²) in [6.45, 7) is 0. The van der Waals surface area contributed by atoms with Crippen molar-refractivity contribution >= 4 is 34.4 Å². The van der Waals surface area contributed by atoms with Crippen LogP contribution in [0.2, 0.25) is 5.02 Å². The zero-order chi connectivity index (χ0) is 17.9. The van der Waals surface area contributed by atoms with Gasteiger partial charge in [0, 0.05) is 11.1 Å². The van der Waals surface area contributed by atoms with E-state index in [2.05, 4.69) is 41.4 Å². The quantitative estimate of drug-likeness (QED) is 0.424. The Balaban J connectivity index is 1.71. The molecule has 1 heterocycles. The molecule has 0 radical (unpaired) electrons. The molecule has 130 valence electrons. The maximum absolute atomic E-state index is 6.07. The van der Waals surface area contributed by atoms with E-state index < -0.39 is 0 Å². The molecule has 0 unspecified atom stereocenters. The molecule has 4 aromatic rings. The van der Waals surface area contributed by atoms with Gasteiger partial charge in [-0.1, -0.05) is 65.8 Å². The maximum Gasteiger partial charge on any atom is 0.167 e. The number of aromatic amines is 1. The van der Waals surface area contributed by atoms with Gasteiger partial charge in [0.2, 0.25) is 0 Å². The van der Waals surface area contributed by atoms with E-state index in [0.29, 0.717) is 0 Å². The van der Waals surface area contributed by atoms with Crippen molar-refractivity contribution < 1.29 is 4.74 Å². The van der Waals surface area contributed by atoms with Gasteiger partial charge in [-0.25, -0.2) is 4.98 Å². The summed E-state index contributed by atoms with van der Waals surface area (Å²) in [5, 5.41) is 1.73. The number of H-pyrrole nitrogens is 1. The molecule has 0 spiro atoms. The molecular formula is C21H17ClN2OS. The van der Waals surface area contributed by atoms with Crippen molar-refractivity contribution in [3.8, 4) is 5.75 Å². The number of hydrogen-bond donors (Lipinski definition) is 1. The first-order chi connectivity index (χ1) is 12.7. The van der Waals surface area contributed by atoms with Crippen LogP contribution in [0.15, 0.2) is 78.0 Å². The number of nitrogens with zero attached hydrogens (tertiary/aromatic N) is 1. The summed E-state index contributed by atoms with van der Waals surface area (Å²) in [4.78, 5) is 8.12. The van der Waals surface area contributed by atoms with E-state index in [-0.39, 0.29) is 5.25 Å². The molecule has 0 aliphatic heterocycles. The number of imidazole rings is 1. The van der Waals surface area contributed by atoms with Crippen LogP contribution in [-0.2, 0) is 0 Å². The zero-order valence-electron chi connectivity index (χ0n) is 14.1. The minimum absolute atomic E-state index is 0.121. The average molecular weight is 381 g/mol. The fourth-order valence-electron chi connectivity index (χ4n) is 2.85. The van der Waals surface area contributed by atoms with E-state index in [9.17, 15) is 0 Å². The smallest absolute Gasteiger partial charge is 0.167 e. The van der Waals surface area contributed by atoms with Crippen LogP contribution in [0.4, 0.5) is 0 Å². The minimum atomic E-state index is 0.121. The van der Waals surface area contributed by atoms with Crippen LogP contribution in [0, 0.1) is 0 Å². The van der Waals surface area contributed by atoms with E-state index in [1.165, 1.54) is 11.1 Å². The number of fused-ring (bicyclic) bond motifs is 1. The summed E-state index contributed by atoms with van der Waals surface area (Å²) < 4.78 is 5.30. The molecule has 0 saturated heterocycles. The number of thioether (sulfide) groups is 1. The normalized spacial score (nSPS) is 12.2. The molecule has 3 aromatic carbocycles. The number of methoxy groups -OCH3 is 1. The number of halogens is 1. The predicted molar refractivity (Wildman–Crippen MR) is 108 cm³/mol. The lowest BCUT2D eigenvalue weighted by Gasteiger charge is -2.16. The number of rotatable bonds is 5. The van der Waals surface area contributed by atoms with E-state index >= 15 is 0 Å². The first-order valence-electron chi connectivity index (χ1n) is 8.24. The van der Waals surface area contributed by atoms with Gasteiger partial charge in [-0.2, -0.15) is 0 Å². The molecule has 4 rings (SSSR count). The van der Waals surface area contributed by atoms with E-state index in [0.717, 1.165) is 27.0 Å². The van der Waals surface area contributed by atoms with Crippen LogP contribution in [0.5, 0.6) is 5.75 Å². The minimum Gasteiger partial charge on any atom is -0.497 e. The fraction of sp³-hybridized carbons (Fsp3) is 0.0952. The SMILES string of the molecule is COc1ccc2nc(S[C@@H](c3ccccc3)c3ccc(Cl)cc3)[nH]c2c1. The molecule has 5 heteroatoms. The van der Waals surface area contributed by atoms with Crippen molar-refractivity contribution in [2.45, 2.75) is 10.4 Å². The number of aromatic nitrogens is 2. The number of nitrogens with one attached hydrogen (secondary N) is 1. The molecular weight excluding hydrogens is 364 g/mol. The van der Waals surface area contributed by atoms with Crippen molar-refractivity contribution in [3.05, 3.63) is 88.9 Å². The summed E-state index contributed by atoms with van der Waals surface area (Å²) in [6.07, 6.45) is 0. The Morgan fingerprint density at radius 1 is 0.962 bits per heavy atom. The molecule has 0 aliphatic carbocycles. The largest absolute Gasteiger partial charge is 0.497 e. The maximum atomic E-state index is 6.07. The summed E-state index contributed by atoms with van der Waals surface area (Å²) in [6, 6.07) is 24.3. The van der Waals surface area contributed by atoms with Gasteiger partial charge >= 0.3 is 0 Å². The van der Waals surface area contributed by atoms with Crippen LogP contribution >= 0.6 is 23.4 Å². The number of ether oxygens (including phenoxy) is 1. The standard InChI is InChI=1S/C21H17ClN2OS/c1-25-17-11-12-18-19(13-17)24-21(23-18)26-20(14-5-3-2-4-6-14)15-7-9-16(22)10-8-15/h2-13,20H,1H3,(H,23,24)/t20-/m0/s1. The molecule has 0 amide bonds. The highest BCUT2D eigenvalue weighted by molar-refractivity contribution is 7.99. The van der Waals surface area contributed by atoms with Gasteiger partial charge in [-0.15, -0.1) is 0 Å². The van der Waals surface area contributed by atoms with Crippen molar-refractivity contribution in [1.82, 2.24) is 9.97 Å². The summed E-state index contributed by atoms with van der Waals surface area (Å²) in [7, 11) is 1.67. The van der Waals surface area contributed by atoms with Gasteiger partial charge in [-0.05, 0) is 35.4 Å². The second-order valence-electron chi connectivity index (χ2n) is 5.89. The van der Waals surface area contributed by atoms with Gasteiger partial charge in [0.25, 0.3) is 0 Å². The van der Waals surface area contributed by atoms with Crippen LogP contribution in [-0.4, -0.2) is 17.1 Å². The molecule has 1 aromatic heterocycles. The van der Waals surface area contributed by atoms with Gasteiger partial charge in [0.15, 0.2) is 5.16 Å². The van der Waals surface area contributed by atoms with Crippen LogP contribution in [0.3, 0.4) is 0 Å². The van der Waals surface area contributed by atoms with Gasteiger partial charge < -0.3 is 9.72 Å². The van der Waals surface area contributed by atoms with Gasteiger partial charge in [0.1, 0.15) is 5.75 Å². The average Bonchev–Trinajstić information content (AvgIpc) is 3.09. The Hall–Kier alpha value is -2.43. The van der Waals surface area contributed by atoms with Crippen molar-refractivity contribution in [3.63, 3.8) is 0 Å². The third-order valence-corrected chi connectivity index (χ3v) is 5.62. The predicted octanol–water partition coefficient (Wildman–Crippen LogP) is 6.11. The molecule has 0 saturated carbocycles. The molecule has 0 bridgehead atoms. The van der Waals surface area contributed by atoms with Crippen molar-refractivity contribution in [2.75, 3.05) is 7.11 Å². The fourth-order valence-corrected chi connectivity index (χ4v) is 4.11. The van der Waals surface area contributed by atoms with Crippen molar-refractivity contribution in [1.29, 1.82) is 0 Å². The van der Waals surface area contributed by atoms with Gasteiger partial charge in [-0.3, -0.25) is 0 Å².